The van der Waals surface area contributed by atoms with Gasteiger partial charge in [-0.05, 0) is 68.8 Å². The Morgan fingerprint density at radius 3 is 2.24 bits per heavy atom. The van der Waals surface area contributed by atoms with Crippen molar-refractivity contribution in [2.24, 2.45) is 0 Å². The summed E-state index contributed by atoms with van der Waals surface area (Å²) in [5.74, 6) is 0.928. The topological polar surface area (TPSA) is 93.7 Å². The highest BCUT2D eigenvalue weighted by Gasteiger charge is 2.19. The molecule has 0 radical (unpaired) electrons. The lowest BCUT2D eigenvalue weighted by molar-refractivity contribution is 0.0939. The minimum absolute atomic E-state index is 0.154. The molecular weight excluding hydrogens is 440 g/mol. The number of ether oxygens (including phenoxy) is 2. The van der Waals surface area contributed by atoms with Crippen molar-refractivity contribution in [3.63, 3.8) is 0 Å². The highest BCUT2D eigenvalue weighted by atomic mass is 32.2. The summed E-state index contributed by atoms with van der Waals surface area (Å²) in [6.45, 7) is 5.50. The van der Waals surface area contributed by atoms with E-state index in [-0.39, 0.29) is 16.8 Å². The van der Waals surface area contributed by atoms with Crippen LogP contribution in [0.3, 0.4) is 0 Å². The maximum Gasteiger partial charge on any atom is 0.261 e. The van der Waals surface area contributed by atoms with Crippen molar-refractivity contribution in [3.05, 3.63) is 82.9 Å². The van der Waals surface area contributed by atoms with E-state index < -0.39 is 10.0 Å². The molecule has 0 fully saturated rings. The van der Waals surface area contributed by atoms with Gasteiger partial charge in [0.15, 0.2) is 0 Å². The van der Waals surface area contributed by atoms with Crippen molar-refractivity contribution in [2.45, 2.75) is 31.7 Å². The van der Waals surface area contributed by atoms with Crippen LogP contribution in [0.4, 0.5) is 5.69 Å². The van der Waals surface area contributed by atoms with Gasteiger partial charge in [0.05, 0.1) is 30.8 Å². The molecule has 7 nitrogen and oxygen atoms in total. The molecular formula is C25H28N2O5S. The molecule has 0 aliphatic carbocycles. The fourth-order valence-corrected chi connectivity index (χ4v) is 4.45. The number of methoxy groups -OCH3 is 2. The van der Waals surface area contributed by atoms with E-state index in [1.165, 1.54) is 6.07 Å². The smallest absolute Gasteiger partial charge is 0.261 e. The molecule has 0 saturated heterocycles. The van der Waals surface area contributed by atoms with Crippen molar-refractivity contribution >= 4 is 21.6 Å². The summed E-state index contributed by atoms with van der Waals surface area (Å²) < 4.78 is 38.9. The van der Waals surface area contributed by atoms with Gasteiger partial charge in [-0.3, -0.25) is 9.52 Å². The number of carbonyl (C=O) groups excluding carboxylic acids is 1. The number of sulfonamides is 1. The normalized spacial score (nSPS) is 12.0. The van der Waals surface area contributed by atoms with Gasteiger partial charge in [-0.25, -0.2) is 8.42 Å². The van der Waals surface area contributed by atoms with E-state index in [9.17, 15) is 13.2 Å². The highest BCUT2D eigenvalue weighted by molar-refractivity contribution is 7.92. The molecule has 3 rings (SSSR count). The molecule has 0 aliphatic rings. The quantitative estimate of drug-likeness (QED) is 0.503. The van der Waals surface area contributed by atoms with Crippen LogP contribution in [0.25, 0.3) is 0 Å². The van der Waals surface area contributed by atoms with Gasteiger partial charge >= 0.3 is 0 Å². The van der Waals surface area contributed by atoms with Crippen molar-refractivity contribution in [2.75, 3.05) is 18.9 Å². The second-order valence-electron chi connectivity index (χ2n) is 7.75. The molecule has 2 N–H and O–H groups in total. The maximum atomic E-state index is 13.0. The van der Waals surface area contributed by atoms with Gasteiger partial charge in [0.2, 0.25) is 0 Å². The van der Waals surface area contributed by atoms with E-state index in [0.29, 0.717) is 28.3 Å². The maximum absolute atomic E-state index is 13.0. The SMILES string of the molecule is COc1ccc(OC)c(C(C)NC(=O)c2ccc(C)c(NS(=O)(=O)c3ccc(C)cc3)c2)c1. The van der Waals surface area contributed by atoms with E-state index in [4.69, 9.17) is 9.47 Å². The number of aryl methyl sites for hydroxylation is 2. The summed E-state index contributed by atoms with van der Waals surface area (Å²) in [5.41, 5.74) is 3.10. The zero-order valence-corrected chi connectivity index (χ0v) is 20.1. The van der Waals surface area contributed by atoms with Crippen LogP contribution in [-0.2, 0) is 10.0 Å². The van der Waals surface area contributed by atoms with E-state index in [2.05, 4.69) is 10.0 Å². The van der Waals surface area contributed by atoms with Gasteiger partial charge in [0.25, 0.3) is 15.9 Å². The van der Waals surface area contributed by atoms with Gasteiger partial charge in [-0.15, -0.1) is 0 Å². The molecule has 3 aromatic rings. The van der Waals surface area contributed by atoms with E-state index >= 15 is 0 Å². The van der Waals surface area contributed by atoms with Gasteiger partial charge in [0.1, 0.15) is 11.5 Å². The van der Waals surface area contributed by atoms with Gasteiger partial charge in [-0.2, -0.15) is 0 Å². The molecule has 1 unspecified atom stereocenters. The molecule has 1 amide bonds. The number of hydrogen-bond donors (Lipinski definition) is 2. The predicted molar refractivity (Wildman–Crippen MR) is 129 cm³/mol. The molecule has 3 aromatic carbocycles. The Balaban J connectivity index is 1.83. The third-order valence-corrected chi connectivity index (χ3v) is 6.71. The first-order valence-corrected chi connectivity index (χ1v) is 11.9. The second kappa shape index (κ2) is 9.95. The molecule has 1 atom stereocenters. The van der Waals surface area contributed by atoms with E-state index in [1.807, 2.05) is 13.8 Å². The fraction of sp³-hybridized carbons (Fsp3) is 0.240. The molecule has 8 heteroatoms. The molecule has 0 aliphatic heterocycles. The summed E-state index contributed by atoms with van der Waals surface area (Å²) in [4.78, 5) is 13.1. The summed E-state index contributed by atoms with van der Waals surface area (Å²) in [6, 6.07) is 16.5. The minimum atomic E-state index is -3.79. The molecule has 0 bridgehead atoms. The van der Waals surface area contributed by atoms with Crippen LogP contribution in [0.5, 0.6) is 11.5 Å². The number of nitrogens with one attached hydrogen (secondary N) is 2. The lowest BCUT2D eigenvalue weighted by Crippen LogP contribution is -2.27. The summed E-state index contributed by atoms with van der Waals surface area (Å²) in [7, 11) is -0.658. The third-order valence-electron chi connectivity index (χ3n) is 5.33. The van der Waals surface area contributed by atoms with Gasteiger partial charge in [-0.1, -0.05) is 23.8 Å². The van der Waals surface area contributed by atoms with E-state index in [0.717, 1.165) is 11.1 Å². The summed E-state index contributed by atoms with van der Waals surface area (Å²) in [5, 5.41) is 2.93. The number of benzene rings is 3. The zero-order valence-electron chi connectivity index (χ0n) is 19.3. The third kappa shape index (κ3) is 5.64. The molecule has 33 heavy (non-hydrogen) atoms. The predicted octanol–water partition coefficient (Wildman–Crippen LogP) is 4.61. The Hall–Kier alpha value is -3.52. The van der Waals surface area contributed by atoms with Crippen LogP contribution in [0.15, 0.2) is 65.6 Å². The number of rotatable bonds is 8. The van der Waals surface area contributed by atoms with Gasteiger partial charge < -0.3 is 14.8 Å². The van der Waals surface area contributed by atoms with E-state index in [1.54, 1.807) is 75.7 Å². The van der Waals surface area contributed by atoms with Crippen molar-refractivity contribution < 1.29 is 22.7 Å². The zero-order chi connectivity index (χ0) is 24.2. The summed E-state index contributed by atoms with van der Waals surface area (Å²) in [6.07, 6.45) is 0. The van der Waals surface area contributed by atoms with Crippen LogP contribution < -0.4 is 19.5 Å². The standard InChI is InChI=1S/C25H28N2O5S/c1-16-6-11-21(12-7-16)33(29,30)27-23-14-19(9-8-17(23)2)25(28)26-18(3)22-15-20(31-4)10-13-24(22)32-5/h6-15,18,27H,1-5H3,(H,26,28). The Bertz CT molecular complexity index is 1250. The van der Waals surface area contributed by atoms with Crippen molar-refractivity contribution in [1.82, 2.24) is 5.32 Å². The molecule has 174 valence electrons. The molecule has 0 saturated carbocycles. The van der Waals surface area contributed by atoms with Crippen LogP contribution in [-0.4, -0.2) is 28.5 Å². The first kappa shape index (κ1) is 24.1. The average molecular weight is 469 g/mol. The lowest BCUT2D eigenvalue weighted by Gasteiger charge is -2.19. The number of hydrogen-bond acceptors (Lipinski definition) is 5. The van der Waals surface area contributed by atoms with Crippen LogP contribution >= 0.6 is 0 Å². The first-order chi connectivity index (χ1) is 15.6. The Labute approximate surface area is 194 Å². The van der Waals surface area contributed by atoms with Crippen LogP contribution in [0, 0.1) is 13.8 Å². The molecule has 0 aromatic heterocycles. The van der Waals surface area contributed by atoms with Crippen molar-refractivity contribution in [3.8, 4) is 11.5 Å². The lowest BCUT2D eigenvalue weighted by atomic mass is 10.1. The largest absolute Gasteiger partial charge is 0.497 e. The second-order valence-corrected chi connectivity index (χ2v) is 9.43. The first-order valence-electron chi connectivity index (χ1n) is 10.4. The minimum Gasteiger partial charge on any atom is -0.497 e. The number of amides is 1. The van der Waals surface area contributed by atoms with Gasteiger partial charge in [0, 0.05) is 11.1 Å². The Morgan fingerprint density at radius 1 is 0.909 bits per heavy atom. The summed E-state index contributed by atoms with van der Waals surface area (Å²) >= 11 is 0. The fourth-order valence-electron chi connectivity index (χ4n) is 3.33. The molecule has 0 spiro atoms. The number of carbonyl (C=O) groups is 1. The monoisotopic (exact) mass is 468 g/mol. The average Bonchev–Trinajstić information content (AvgIpc) is 2.80. The number of anilines is 1. The Morgan fingerprint density at radius 2 is 1.61 bits per heavy atom. The van der Waals surface area contributed by atoms with Crippen molar-refractivity contribution in [1.29, 1.82) is 0 Å². The Kier molecular flexibility index (Phi) is 7.28. The highest BCUT2D eigenvalue weighted by Crippen LogP contribution is 2.29. The molecule has 0 heterocycles. The van der Waals surface area contributed by atoms with Crippen LogP contribution in [0.1, 0.15) is 40.0 Å². The van der Waals surface area contributed by atoms with Crippen LogP contribution in [0.2, 0.25) is 0 Å².